The average molecular weight is 166 g/mol. The molecule has 2 nitrogen and oxygen atoms in total. The molecule has 0 bridgehead atoms. The molecule has 0 aromatic heterocycles. The van der Waals surface area contributed by atoms with E-state index in [0.717, 1.165) is 18.9 Å². The molecule has 0 aliphatic carbocycles. The van der Waals surface area contributed by atoms with Crippen molar-refractivity contribution >= 4 is 0 Å². The molecule has 0 saturated carbocycles. The monoisotopic (exact) mass is 166 g/mol. The SMILES string of the molecule is CCOc1ccccc1C[NH2+]C. The highest BCUT2D eigenvalue weighted by molar-refractivity contribution is 5.32. The summed E-state index contributed by atoms with van der Waals surface area (Å²) in [6.07, 6.45) is 0. The highest BCUT2D eigenvalue weighted by Crippen LogP contribution is 2.16. The van der Waals surface area contributed by atoms with E-state index in [1.54, 1.807) is 0 Å². The summed E-state index contributed by atoms with van der Waals surface area (Å²) in [6.45, 7) is 3.73. The van der Waals surface area contributed by atoms with Crippen molar-refractivity contribution in [1.82, 2.24) is 0 Å². The topological polar surface area (TPSA) is 25.8 Å². The van der Waals surface area contributed by atoms with E-state index in [1.807, 2.05) is 25.1 Å². The summed E-state index contributed by atoms with van der Waals surface area (Å²) in [6, 6.07) is 8.17. The van der Waals surface area contributed by atoms with Crippen LogP contribution in [-0.2, 0) is 6.54 Å². The highest BCUT2D eigenvalue weighted by Gasteiger charge is 2.01. The largest absolute Gasteiger partial charge is 0.493 e. The summed E-state index contributed by atoms with van der Waals surface area (Å²) >= 11 is 0. The van der Waals surface area contributed by atoms with Crippen LogP contribution in [0.3, 0.4) is 0 Å². The van der Waals surface area contributed by atoms with Crippen molar-refractivity contribution in [3.63, 3.8) is 0 Å². The first-order chi connectivity index (χ1) is 5.88. The van der Waals surface area contributed by atoms with Crippen molar-refractivity contribution in [3.05, 3.63) is 29.8 Å². The van der Waals surface area contributed by atoms with E-state index in [2.05, 4.69) is 18.4 Å². The number of para-hydroxylation sites is 1. The zero-order valence-corrected chi connectivity index (χ0v) is 7.71. The van der Waals surface area contributed by atoms with Gasteiger partial charge in [0.15, 0.2) is 0 Å². The van der Waals surface area contributed by atoms with Crippen LogP contribution in [0.5, 0.6) is 5.75 Å². The molecule has 1 aromatic rings. The normalized spacial score (nSPS) is 9.83. The van der Waals surface area contributed by atoms with Gasteiger partial charge in [-0.25, -0.2) is 0 Å². The molecule has 0 atom stereocenters. The van der Waals surface area contributed by atoms with E-state index in [-0.39, 0.29) is 0 Å². The molecule has 0 radical (unpaired) electrons. The number of nitrogens with two attached hydrogens (primary N) is 1. The summed E-state index contributed by atoms with van der Waals surface area (Å²) < 4.78 is 5.47. The maximum Gasteiger partial charge on any atom is 0.128 e. The van der Waals surface area contributed by atoms with Crippen LogP contribution in [0.4, 0.5) is 0 Å². The standard InChI is InChI=1S/C10H15NO/c1-3-12-10-7-5-4-6-9(10)8-11-2/h4-7,11H,3,8H2,1-2H3/p+1. The van der Waals surface area contributed by atoms with Crippen LogP contribution < -0.4 is 10.1 Å². The Hall–Kier alpha value is -1.02. The van der Waals surface area contributed by atoms with Gasteiger partial charge in [0.05, 0.1) is 13.7 Å². The number of benzene rings is 1. The minimum atomic E-state index is 0.737. The Kier molecular flexibility index (Phi) is 3.61. The molecular formula is C10H16NO+. The van der Waals surface area contributed by atoms with Gasteiger partial charge in [-0.05, 0) is 19.1 Å². The molecule has 1 aromatic carbocycles. The molecule has 0 aliphatic rings. The first-order valence-electron chi connectivity index (χ1n) is 4.37. The Bertz CT molecular complexity index is 210. The fraction of sp³-hybridized carbons (Fsp3) is 0.400. The lowest BCUT2D eigenvalue weighted by molar-refractivity contribution is -0.643. The second-order valence-electron chi connectivity index (χ2n) is 2.65. The van der Waals surface area contributed by atoms with Gasteiger partial charge in [0.1, 0.15) is 12.3 Å². The Balaban J connectivity index is 2.77. The molecule has 2 N–H and O–H groups in total. The Morgan fingerprint density at radius 2 is 2.08 bits per heavy atom. The zero-order valence-electron chi connectivity index (χ0n) is 7.71. The first kappa shape index (κ1) is 9.07. The fourth-order valence-corrected chi connectivity index (χ4v) is 1.19. The van der Waals surface area contributed by atoms with Crippen LogP contribution in [0.2, 0.25) is 0 Å². The predicted molar refractivity (Wildman–Crippen MR) is 49.2 cm³/mol. The third kappa shape index (κ3) is 2.24. The molecule has 0 heterocycles. The van der Waals surface area contributed by atoms with E-state index in [0.29, 0.717) is 0 Å². The third-order valence-corrected chi connectivity index (χ3v) is 1.70. The molecule has 1 rings (SSSR count). The van der Waals surface area contributed by atoms with Crippen LogP contribution >= 0.6 is 0 Å². The van der Waals surface area contributed by atoms with E-state index in [9.17, 15) is 0 Å². The molecule has 2 heteroatoms. The number of rotatable bonds is 4. The molecule has 66 valence electrons. The molecule has 0 aliphatic heterocycles. The molecule has 0 saturated heterocycles. The van der Waals surface area contributed by atoms with Crippen LogP contribution in [-0.4, -0.2) is 13.7 Å². The number of hydrogen-bond acceptors (Lipinski definition) is 1. The van der Waals surface area contributed by atoms with Gasteiger partial charge in [0, 0.05) is 5.56 Å². The predicted octanol–water partition coefficient (Wildman–Crippen LogP) is 0.778. The Labute approximate surface area is 73.6 Å². The summed E-state index contributed by atoms with van der Waals surface area (Å²) in [5, 5.41) is 2.14. The van der Waals surface area contributed by atoms with Gasteiger partial charge in [-0.2, -0.15) is 0 Å². The maximum atomic E-state index is 5.47. The van der Waals surface area contributed by atoms with Crippen molar-refractivity contribution in [2.75, 3.05) is 13.7 Å². The number of ether oxygens (including phenoxy) is 1. The van der Waals surface area contributed by atoms with Gasteiger partial charge in [0.2, 0.25) is 0 Å². The lowest BCUT2D eigenvalue weighted by Crippen LogP contribution is -2.77. The maximum absolute atomic E-state index is 5.47. The minimum Gasteiger partial charge on any atom is -0.493 e. The lowest BCUT2D eigenvalue weighted by atomic mass is 10.2. The first-order valence-corrected chi connectivity index (χ1v) is 4.37. The van der Waals surface area contributed by atoms with Crippen LogP contribution in [0, 0.1) is 0 Å². The highest BCUT2D eigenvalue weighted by atomic mass is 16.5. The Morgan fingerprint density at radius 1 is 1.33 bits per heavy atom. The van der Waals surface area contributed by atoms with Gasteiger partial charge in [0.25, 0.3) is 0 Å². The number of quaternary nitrogens is 1. The second kappa shape index (κ2) is 4.78. The molecule has 0 spiro atoms. The van der Waals surface area contributed by atoms with Crippen molar-refractivity contribution < 1.29 is 10.1 Å². The smallest absolute Gasteiger partial charge is 0.128 e. The van der Waals surface area contributed by atoms with E-state index in [1.165, 1.54) is 5.56 Å². The summed E-state index contributed by atoms with van der Waals surface area (Å²) in [7, 11) is 2.06. The minimum absolute atomic E-state index is 0.737. The molecular weight excluding hydrogens is 150 g/mol. The molecule has 12 heavy (non-hydrogen) atoms. The second-order valence-corrected chi connectivity index (χ2v) is 2.65. The third-order valence-electron chi connectivity index (χ3n) is 1.70. The zero-order chi connectivity index (χ0) is 8.81. The van der Waals surface area contributed by atoms with E-state index in [4.69, 9.17) is 4.74 Å². The van der Waals surface area contributed by atoms with Gasteiger partial charge in [-0.3, -0.25) is 0 Å². The average Bonchev–Trinajstić information content (AvgIpc) is 2.09. The van der Waals surface area contributed by atoms with Gasteiger partial charge < -0.3 is 10.1 Å². The quantitative estimate of drug-likeness (QED) is 0.702. The van der Waals surface area contributed by atoms with Crippen LogP contribution in [0.15, 0.2) is 24.3 Å². The van der Waals surface area contributed by atoms with Crippen molar-refractivity contribution in [2.45, 2.75) is 13.5 Å². The molecule has 0 fully saturated rings. The van der Waals surface area contributed by atoms with E-state index >= 15 is 0 Å². The van der Waals surface area contributed by atoms with Crippen LogP contribution in [0.1, 0.15) is 12.5 Å². The summed E-state index contributed by atoms with van der Waals surface area (Å²) in [5.74, 6) is 1.01. The van der Waals surface area contributed by atoms with Crippen molar-refractivity contribution in [1.29, 1.82) is 0 Å². The molecule has 0 amide bonds. The van der Waals surface area contributed by atoms with Crippen molar-refractivity contribution in [2.24, 2.45) is 0 Å². The van der Waals surface area contributed by atoms with Crippen LogP contribution in [0.25, 0.3) is 0 Å². The fourth-order valence-electron chi connectivity index (χ4n) is 1.19. The van der Waals surface area contributed by atoms with Gasteiger partial charge in [-0.15, -0.1) is 0 Å². The van der Waals surface area contributed by atoms with Crippen molar-refractivity contribution in [3.8, 4) is 5.75 Å². The summed E-state index contributed by atoms with van der Waals surface area (Å²) in [5.41, 5.74) is 1.27. The van der Waals surface area contributed by atoms with E-state index < -0.39 is 0 Å². The van der Waals surface area contributed by atoms with Gasteiger partial charge >= 0.3 is 0 Å². The lowest BCUT2D eigenvalue weighted by Gasteiger charge is -2.07. The molecule has 0 unspecified atom stereocenters. The summed E-state index contributed by atoms with van der Waals surface area (Å²) in [4.78, 5) is 0. The number of hydrogen-bond donors (Lipinski definition) is 1. The Morgan fingerprint density at radius 3 is 2.75 bits per heavy atom. The van der Waals surface area contributed by atoms with Gasteiger partial charge in [-0.1, -0.05) is 12.1 Å².